The smallest absolute Gasteiger partial charge is 0.124 e. The standard InChI is InChI=1S/C22H17Cl3N2O/c1-28-22-5-3-2-4-17(22)20-13-19(14-6-8-15(23)9-7-14)26-27(20)21-12-16(24)10-11-18(21)25/h2-12,20H,13H2,1H3/t20-/m1/s1. The highest BCUT2D eigenvalue weighted by molar-refractivity contribution is 6.35. The van der Waals surface area contributed by atoms with E-state index in [9.17, 15) is 0 Å². The molecule has 28 heavy (non-hydrogen) atoms. The molecule has 142 valence electrons. The summed E-state index contributed by atoms with van der Waals surface area (Å²) in [5, 5.41) is 8.71. The lowest BCUT2D eigenvalue weighted by molar-refractivity contribution is 0.405. The van der Waals surface area contributed by atoms with E-state index in [1.807, 2.05) is 53.5 Å². The van der Waals surface area contributed by atoms with Crippen LogP contribution in [0.2, 0.25) is 15.1 Å². The van der Waals surface area contributed by atoms with Crippen molar-refractivity contribution in [3.63, 3.8) is 0 Å². The number of ether oxygens (including phenoxy) is 1. The lowest BCUT2D eigenvalue weighted by Crippen LogP contribution is -2.19. The average molecular weight is 432 g/mol. The lowest BCUT2D eigenvalue weighted by Gasteiger charge is -2.26. The van der Waals surface area contributed by atoms with Gasteiger partial charge in [-0.25, -0.2) is 0 Å². The fourth-order valence-corrected chi connectivity index (χ4v) is 3.89. The number of hydrogen-bond donors (Lipinski definition) is 0. The Kier molecular flexibility index (Phi) is 5.49. The summed E-state index contributed by atoms with van der Waals surface area (Å²) in [7, 11) is 1.67. The van der Waals surface area contributed by atoms with Crippen molar-refractivity contribution in [3.8, 4) is 5.75 Å². The molecule has 0 radical (unpaired) electrons. The summed E-state index contributed by atoms with van der Waals surface area (Å²) in [6, 6.07) is 21.0. The number of methoxy groups -OCH3 is 1. The summed E-state index contributed by atoms with van der Waals surface area (Å²) in [6.07, 6.45) is 0.699. The van der Waals surface area contributed by atoms with Gasteiger partial charge in [-0.1, -0.05) is 65.1 Å². The summed E-state index contributed by atoms with van der Waals surface area (Å²) in [5.41, 5.74) is 3.76. The van der Waals surface area contributed by atoms with E-state index in [1.165, 1.54) is 0 Å². The van der Waals surface area contributed by atoms with Crippen molar-refractivity contribution in [2.45, 2.75) is 12.5 Å². The number of hydrogen-bond acceptors (Lipinski definition) is 3. The van der Waals surface area contributed by atoms with Crippen molar-refractivity contribution in [2.24, 2.45) is 5.10 Å². The molecule has 3 aromatic carbocycles. The molecule has 1 heterocycles. The molecule has 0 N–H and O–H groups in total. The summed E-state index contributed by atoms with van der Waals surface area (Å²) >= 11 is 18.8. The second-order valence-corrected chi connectivity index (χ2v) is 7.74. The topological polar surface area (TPSA) is 24.8 Å². The largest absolute Gasteiger partial charge is 0.496 e. The molecule has 0 saturated heterocycles. The van der Waals surface area contributed by atoms with Crippen LogP contribution in [0.3, 0.4) is 0 Å². The van der Waals surface area contributed by atoms with Crippen molar-refractivity contribution in [1.82, 2.24) is 0 Å². The van der Waals surface area contributed by atoms with E-state index in [1.54, 1.807) is 19.2 Å². The molecule has 3 aromatic rings. The molecule has 1 aliphatic heterocycles. The van der Waals surface area contributed by atoms with Crippen LogP contribution in [0.25, 0.3) is 0 Å². The minimum atomic E-state index is -0.0715. The second kappa shape index (κ2) is 8.04. The zero-order chi connectivity index (χ0) is 19.7. The first kappa shape index (κ1) is 19.1. The number of anilines is 1. The molecule has 6 heteroatoms. The molecular formula is C22H17Cl3N2O. The van der Waals surface area contributed by atoms with Crippen molar-refractivity contribution in [2.75, 3.05) is 12.1 Å². The van der Waals surface area contributed by atoms with E-state index in [4.69, 9.17) is 44.6 Å². The maximum atomic E-state index is 6.50. The first-order chi connectivity index (χ1) is 13.6. The summed E-state index contributed by atoms with van der Waals surface area (Å²) in [5.74, 6) is 0.809. The molecule has 0 spiro atoms. The summed E-state index contributed by atoms with van der Waals surface area (Å²) in [6.45, 7) is 0. The van der Waals surface area contributed by atoms with Gasteiger partial charge < -0.3 is 4.74 Å². The Morgan fingerprint density at radius 3 is 2.39 bits per heavy atom. The van der Waals surface area contributed by atoms with Gasteiger partial charge in [0.1, 0.15) is 5.75 Å². The van der Waals surface area contributed by atoms with Crippen LogP contribution in [-0.4, -0.2) is 12.8 Å². The molecule has 1 aliphatic rings. The van der Waals surface area contributed by atoms with Gasteiger partial charge in [-0.2, -0.15) is 5.10 Å². The normalized spacial score (nSPS) is 16.2. The van der Waals surface area contributed by atoms with Crippen LogP contribution in [-0.2, 0) is 0 Å². The number of hydrazone groups is 1. The zero-order valence-electron chi connectivity index (χ0n) is 15.1. The maximum Gasteiger partial charge on any atom is 0.124 e. The summed E-state index contributed by atoms with van der Waals surface area (Å²) in [4.78, 5) is 0. The Morgan fingerprint density at radius 2 is 1.64 bits per heavy atom. The Bertz CT molecular complexity index is 1030. The number of rotatable bonds is 4. The van der Waals surface area contributed by atoms with Crippen molar-refractivity contribution in [3.05, 3.63) is 92.9 Å². The fraction of sp³-hybridized carbons (Fsp3) is 0.136. The van der Waals surface area contributed by atoms with E-state index >= 15 is 0 Å². The molecule has 1 atom stereocenters. The minimum absolute atomic E-state index is 0.0715. The van der Waals surface area contributed by atoms with Gasteiger partial charge in [-0.15, -0.1) is 0 Å². The number of para-hydroxylation sites is 1. The Balaban J connectivity index is 1.83. The van der Waals surface area contributed by atoms with Gasteiger partial charge in [0.05, 0.1) is 29.6 Å². The highest BCUT2D eigenvalue weighted by atomic mass is 35.5. The zero-order valence-corrected chi connectivity index (χ0v) is 17.3. The third kappa shape index (κ3) is 3.70. The Hall–Kier alpha value is -2.20. The summed E-state index contributed by atoms with van der Waals surface area (Å²) < 4.78 is 5.60. The third-order valence-corrected chi connectivity index (χ3v) is 5.55. The van der Waals surface area contributed by atoms with Gasteiger partial charge >= 0.3 is 0 Å². The molecule has 4 rings (SSSR count). The van der Waals surface area contributed by atoms with E-state index in [0.717, 1.165) is 28.3 Å². The molecule has 0 aliphatic carbocycles. The van der Waals surface area contributed by atoms with Crippen LogP contribution in [0.15, 0.2) is 71.8 Å². The van der Waals surface area contributed by atoms with Gasteiger partial charge in [0.15, 0.2) is 0 Å². The molecule has 0 aromatic heterocycles. The number of nitrogens with zero attached hydrogens (tertiary/aromatic N) is 2. The molecule has 3 nitrogen and oxygen atoms in total. The monoisotopic (exact) mass is 430 g/mol. The maximum absolute atomic E-state index is 6.50. The molecule has 0 saturated carbocycles. The quantitative estimate of drug-likeness (QED) is 0.444. The predicted octanol–water partition coefficient (Wildman–Crippen LogP) is 7.01. The molecule has 0 fully saturated rings. The van der Waals surface area contributed by atoms with Crippen LogP contribution in [0.4, 0.5) is 5.69 Å². The first-order valence-electron chi connectivity index (χ1n) is 8.77. The van der Waals surface area contributed by atoms with Gasteiger partial charge in [0.2, 0.25) is 0 Å². The molecule has 0 amide bonds. The van der Waals surface area contributed by atoms with E-state index < -0.39 is 0 Å². The van der Waals surface area contributed by atoms with Crippen LogP contribution in [0.1, 0.15) is 23.6 Å². The van der Waals surface area contributed by atoms with Gasteiger partial charge in [0, 0.05) is 22.0 Å². The van der Waals surface area contributed by atoms with Crippen molar-refractivity contribution in [1.29, 1.82) is 0 Å². The second-order valence-electron chi connectivity index (χ2n) is 6.46. The molecular weight excluding hydrogens is 415 g/mol. The SMILES string of the molecule is COc1ccccc1[C@H]1CC(c2ccc(Cl)cc2)=NN1c1cc(Cl)ccc1Cl. The van der Waals surface area contributed by atoms with Crippen LogP contribution < -0.4 is 9.75 Å². The van der Waals surface area contributed by atoms with E-state index in [0.29, 0.717) is 21.5 Å². The number of halogens is 3. The van der Waals surface area contributed by atoms with Crippen molar-refractivity contribution >= 4 is 46.2 Å². The highest BCUT2D eigenvalue weighted by Crippen LogP contribution is 2.43. The minimum Gasteiger partial charge on any atom is -0.496 e. The van der Waals surface area contributed by atoms with Gasteiger partial charge in [-0.05, 0) is 42.0 Å². The van der Waals surface area contributed by atoms with Gasteiger partial charge in [-0.3, -0.25) is 5.01 Å². The predicted molar refractivity (Wildman–Crippen MR) is 117 cm³/mol. The average Bonchev–Trinajstić information content (AvgIpc) is 3.15. The third-order valence-electron chi connectivity index (χ3n) is 4.74. The Morgan fingerprint density at radius 1 is 0.929 bits per heavy atom. The van der Waals surface area contributed by atoms with E-state index in [2.05, 4.69) is 6.07 Å². The van der Waals surface area contributed by atoms with Crippen molar-refractivity contribution < 1.29 is 4.74 Å². The van der Waals surface area contributed by atoms with Crippen LogP contribution in [0, 0.1) is 0 Å². The highest BCUT2D eigenvalue weighted by Gasteiger charge is 2.32. The molecule has 0 unspecified atom stereocenters. The van der Waals surface area contributed by atoms with Gasteiger partial charge in [0.25, 0.3) is 0 Å². The Labute approximate surface area is 179 Å². The van der Waals surface area contributed by atoms with E-state index in [-0.39, 0.29) is 6.04 Å². The van der Waals surface area contributed by atoms with Crippen LogP contribution in [0.5, 0.6) is 5.75 Å². The lowest BCUT2D eigenvalue weighted by atomic mass is 9.97. The molecule has 0 bridgehead atoms. The fourth-order valence-electron chi connectivity index (χ4n) is 3.39. The van der Waals surface area contributed by atoms with Crippen LogP contribution >= 0.6 is 34.8 Å². The first-order valence-corrected chi connectivity index (χ1v) is 9.91. The number of benzene rings is 3.